The SMILES string of the molecule is Cc1ccccc1CC(=O)Nc1nc(-c2ccccn2)cs1. The van der Waals surface area contributed by atoms with Crippen LogP contribution in [0.15, 0.2) is 54.0 Å². The fourth-order valence-corrected chi connectivity index (χ4v) is 2.83. The van der Waals surface area contributed by atoms with E-state index in [-0.39, 0.29) is 5.91 Å². The first-order chi connectivity index (χ1) is 10.7. The molecule has 1 N–H and O–H groups in total. The van der Waals surface area contributed by atoms with Crippen molar-refractivity contribution in [3.63, 3.8) is 0 Å². The minimum Gasteiger partial charge on any atom is -0.302 e. The molecule has 1 amide bonds. The van der Waals surface area contributed by atoms with E-state index in [1.165, 1.54) is 11.3 Å². The zero-order valence-electron chi connectivity index (χ0n) is 12.1. The lowest BCUT2D eigenvalue weighted by atomic mass is 10.1. The van der Waals surface area contributed by atoms with Crippen molar-refractivity contribution in [1.29, 1.82) is 0 Å². The van der Waals surface area contributed by atoms with Crippen molar-refractivity contribution in [3.05, 3.63) is 65.2 Å². The van der Waals surface area contributed by atoms with Gasteiger partial charge < -0.3 is 5.32 Å². The number of hydrogen-bond acceptors (Lipinski definition) is 4. The molecule has 22 heavy (non-hydrogen) atoms. The van der Waals surface area contributed by atoms with Crippen LogP contribution >= 0.6 is 11.3 Å². The van der Waals surface area contributed by atoms with E-state index in [1.807, 2.05) is 54.8 Å². The van der Waals surface area contributed by atoms with E-state index >= 15 is 0 Å². The van der Waals surface area contributed by atoms with Gasteiger partial charge in [-0.2, -0.15) is 0 Å². The number of amides is 1. The van der Waals surface area contributed by atoms with Gasteiger partial charge in [-0.05, 0) is 30.2 Å². The molecule has 0 spiro atoms. The van der Waals surface area contributed by atoms with E-state index in [4.69, 9.17) is 0 Å². The van der Waals surface area contributed by atoms with Crippen LogP contribution in [-0.2, 0) is 11.2 Å². The van der Waals surface area contributed by atoms with Gasteiger partial charge in [0.1, 0.15) is 5.69 Å². The Morgan fingerprint density at radius 2 is 1.95 bits per heavy atom. The summed E-state index contributed by atoms with van der Waals surface area (Å²) >= 11 is 1.40. The van der Waals surface area contributed by atoms with E-state index in [2.05, 4.69) is 15.3 Å². The van der Waals surface area contributed by atoms with Crippen molar-refractivity contribution in [2.75, 3.05) is 5.32 Å². The smallest absolute Gasteiger partial charge is 0.230 e. The average molecular weight is 309 g/mol. The van der Waals surface area contributed by atoms with Gasteiger partial charge in [0, 0.05) is 11.6 Å². The van der Waals surface area contributed by atoms with Gasteiger partial charge in [-0.15, -0.1) is 11.3 Å². The number of aryl methyl sites for hydroxylation is 1. The van der Waals surface area contributed by atoms with Crippen LogP contribution in [0, 0.1) is 6.92 Å². The second-order valence-electron chi connectivity index (χ2n) is 4.90. The topological polar surface area (TPSA) is 54.9 Å². The third-order valence-electron chi connectivity index (χ3n) is 3.29. The van der Waals surface area contributed by atoms with Crippen molar-refractivity contribution >= 4 is 22.4 Å². The minimum atomic E-state index is -0.0591. The average Bonchev–Trinajstić information content (AvgIpc) is 2.99. The molecule has 0 saturated heterocycles. The van der Waals surface area contributed by atoms with Crippen LogP contribution in [0.1, 0.15) is 11.1 Å². The Hall–Kier alpha value is -2.53. The molecule has 4 nitrogen and oxygen atoms in total. The number of carbonyl (C=O) groups is 1. The Labute approximate surface area is 132 Å². The number of pyridine rings is 1. The molecule has 0 bridgehead atoms. The summed E-state index contributed by atoms with van der Waals surface area (Å²) in [5, 5.41) is 5.34. The molecule has 0 atom stereocenters. The summed E-state index contributed by atoms with van der Waals surface area (Å²) in [7, 11) is 0. The van der Waals surface area contributed by atoms with Gasteiger partial charge in [-0.1, -0.05) is 30.3 Å². The molecule has 110 valence electrons. The Bertz CT molecular complexity index is 783. The van der Waals surface area contributed by atoms with Gasteiger partial charge in [0.25, 0.3) is 0 Å². The predicted molar refractivity (Wildman–Crippen MR) is 88.9 cm³/mol. The largest absolute Gasteiger partial charge is 0.302 e. The Morgan fingerprint density at radius 3 is 2.73 bits per heavy atom. The first-order valence-electron chi connectivity index (χ1n) is 6.93. The van der Waals surface area contributed by atoms with Gasteiger partial charge in [0.05, 0.1) is 12.1 Å². The van der Waals surface area contributed by atoms with Crippen molar-refractivity contribution in [2.45, 2.75) is 13.3 Å². The van der Waals surface area contributed by atoms with E-state index in [0.717, 1.165) is 22.5 Å². The number of thiazole rings is 1. The second kappa shape index (κ2) is 6.49. The highest BCUT2D eigenvalue weighted by Crippen LogP contribution is 2.23. The zero-order chi connectivity index (χ0) is 15.4. The minimum absolute atomic E-state index is 0.0591. The highest BCUT2D eigenvalue weighted by Gasteiger charge is 2.10. The molecule has 0 aliphatic rings. The Balaban J connectivity index is 1.68. The van der Waals surface area contributed by atoms with Crippen LogP contribution < -0.4 is 5.32 Å². The summed E-state index contributed by atoms with van der Waals surface area (Å²) < 4.78 is 0. The van der Waals surface area contributed by atoms with E-state index < -0.39 is 0 Å². The van der Waals surface area contributed by atoms with Crippen molar-refractivity contribution in [3.8, 4) is 11.4 Å². The first-order valence-corrected chi connectivity index (χ1v) is 7.81. The molecule has 0 aliphatic heterocycles. The van der Waals surface area contributed by atoms with Crippen LogP contribution in [0.3, 0.4) is 0 Å². The van der Waals surface area contributed by atoms with E-state index in [0.29, 0.717) is 11.6 Å². The molecule has 0 unspecified atom stereocenters. The maximum Gasteiger partial charge on any atom is 0.230 e. The highest BCUT2D eigenvalue weighted by molar-refractivity contribution is 7.14. The Kier molecular flexibility index (Phi) is 4.25. The summed E-state index contributed by atoms with van der Waals surface area (Å²) in [5.41, 5.74) is 3.72. The number of rotatable bonds is 4. The fraction of sp³-hybridized carbons (Fsp3) is 0.118. The third-order valence-corrected chi connectivity index (χ3v) is 4.05. The molecule has 3 rings (SSSR count). The summed E-state index contributed by atoms with van der Waals surface area (Å²) in [4.78, 5) is 20.8. The molecule has 0 fully saturated rings. The second-order valence-corrected chi connectivity index (χ2v) is 5.76. The van der Waals surface area contributed by atoms with Crippen molar-refractivity contribution in [2.24, 2.45) is 0 Å². The van der Waals surface area contributed by atoms with Gasteiger partial charge in [0.2, 0.25) is 5.91 Å². The maximum atomic E-state index is 12.1. The quantitative estimate of drug-likeness (QED) is 0.799. The van der Waals surface area contributed by atoms with E-state index in [1.54, 1.807) is 6.20 Å². The summed E-state index contributed by atoms with van der Waals surface area (Å²) in [6.07, 6.45) is 2.08. The van der Waals surface area contributed by atoms with Crippen molar-refractivity contribution < 1.29 is 4.79 Å². The van der Waals surface area contributed by atoms with Gasteiger partial charge in [-0.25, -0.2) is 4.98 Å². The number of nitrogens with zero attached hydrogens (tertiary/aromatic N) is 2. The normalized spacial score (nSPS) is 10.4. The maximum absolute atomic E-state index is 12.1. The predicted octanol–water partition coefficient (Wildman–Crippen LogP) is 3.69. The Morgan fingerprint density at radius 1 is 1.14 bits per heavy atom. The number of nitrogens with one attached hydrogen (secondary N) is 1. The van der Waals surface area contributed by atoms with Crippen LogP contribution in [0.2, 0.25) is 0 Å². The highest BCUT2D eigenvalue weighted by atomic mass is 32.1. The van der Waals surface area contributed by atoms with Gasteiger partial charge in [-0.3, -0.25) is 9.78 Å². The standard InChI is InChI=1S/C17H15N3OS/c1-12-6-2-3-7-13(12)10-16(21)20-17-19-15(11-22-17)14-8-4-5-9-18-14/h2-9,11H,10H2,1H3,(H,19,20,21). The molecule has 3 aromatic rings. The summed E-state index contributed by atoms with van der Waals surface area (Å²) in [5.74, 6) is -0.0591. The zero-order valence-corrected chi connectivity index (χ0v) is 12.9. The lowest BCUT2D eigenvalue weighted by Gasteiger charge is -2.05. The van der Waals surface area contributed by atoms with E-state index in [9.17, 15) is 4.79 Å². The monoisotopic (exact) mass is 309 g/mol. The number of aromatic nitrogens is 2. The van der Waals surface area contributed by atoms with Crippen LogP contribution in [-0.4, -0.2) is 15.9 Å². The van der Waals surface area contributed by atoms with Crippen molar-refractivity contribution in [1.82, 2.24) is 9.97 Å². The molecule has 2 heterocycles. The first kappa shape index (κ1) is 14.4. The lowest BCUT2D eigenvalue weighted by molar-refractivity contribution is -0.115. The van der Waals surface area contributed by atoms with Crippen LogP contribution in [0.5, 0.6) is 0 Å². The lowest BCUT2D eigenvalue weighted by Crippen LogP contribution is -2.14. The fourth-order valence-electron chi connectivity index (χ4n) is 2.11. The number of carbonyl (C=O) groups excluding carboxylic acids is 1. The molecule has 0 aliphatic carbocycles. The number of benzene rings is 1. The number of hydrogen-bond donors (Lipinski definition) is 1. The van der Waals surface area contributed by atoms with Crippen LogP contribution in [0.4, 0.5) is 5.13 Å². The third kappa shape index (κ3) is 3.38. The van der Waals surface area contributed by atoms with Gasteiger partial charge in [0.15, 0.2) is 5.13 Å². The molecular formula is C17H15N3OS. The van der Waals surface area contributed by atoms with Gasteiger partial charge >= 0.3 is 0 Å². The molecule has 5 heteroatoms. The van der Waals surface area contributed by atoms with Crippen LogP contribution in [0.25, 0.3) is 11.4 Å². The molecular weight excluding hydrogens is 294 g/mol. The summed E-state index contributed by atoms with van der Waals surface area (Å²) in [6.45, 7) is 2.01. The summed E-state index contributed by atoms with van der Waals surface area (Å²) in [6, 6.07) is 13.6. The molecule has 1 aromatic carbocycles. The molecule has 0 radical (unpaired) electrons. The molecule has 2 aromatic heterocycles. The molecule has 0 saturated carbocycles. The number of anilines is 1.